The fraction of sp³-hybridized carbons (Fsp3) is 0.188. The molecule has 0 saturated carbocycles. The van der Waals surface area contributed by atoms with Crippen molar-refractivity contribution in [1.82, 2.24) is 5.16 Å². The highest BCUT2D eigenvalue weighted by molar-refractivity contribution is 7.93. The second-order valence-electron chi connectivity index (χ2n) is 5.27. The van der Waals surface area contributed by atoms with Crippen LogP contribution < -0.4 is 4.72 Å². The van der Waals surface area contributed by atoms with Crippen molar-refractivity contribution in [2.24, 2.45) is 0 Å². The van der Waals surface area contributed by atoms with Crippen molar-refractivity contribution in [3.05, 3.63) is 53.7 Å². The lowest BCUT2D eigenvalue weighted by molar-refractivity contribution is -0.143. The van der Waals surface area contributed by atoms with E-state index in [4.69, 9.17) is 0 Å². The first kappa shape index (κ1) is 17.3. The maximum atomic E-state index is 12.9. The Morgan fingerprint density at radius 3 is 2.48 bits per heavy atom. The molecule has 0 saturated heterocycles. The molecule has 3 rings (SSSR count). The molecule has 0 fully saturated rings. The molecule has 0 amide bonds. The third-order valence-corrected chi connectivity index (χ3v) is 5.07. The summed E-state index contributed by atoms with van der Waals surface area (Å²) < 4.78 is 70.8. The molecule has 0 aliphatic carbocycles. The van der Waals surface area contributed by atoms with E-state index in [-0.39, 0.29) is 16.9 Å². The number of nitrogens with zero attached hydrogens (tertiary/aromatic N) is 1. The van der Waals surface area contributed by atoms with Gasteiger partial charge in [-0.15, -0.1) is 0 Å². The summed E-state index contributed by atoms with van der Waals surface area (Å²) in [7, 11) is -4.16. The fourth-order valence-electron chi connectivity index (χ4n) is 2.55. The fourth-order valence-corrected chi connectivity index (χ4v) is 3.79. The lowest BCUT2D eigenvalue weighted by Crippen LogP contribution is -2.15. The normalized spacial score (nSPS) is 12.5. The number of aromatic nitrogens is 1. The molecule has 5 nitrogen and oxygen atoms in total. The SMILES string of the molecule is CCc1c(C(F)(F)F)noc1NS(=O)(=O)c1cccc2ccccc12. The number of anilines is 1. The van der Waals surface area contributed by atoms with Gasteiger partial charge in [0.05, 0.1) is 4.90 Å². The van der Waals surface area contributed by atoms with Crippen LogP contribution in [0.2, 0.25) is 0 Å². The van der Waals surface area contributed by atoms with Gasteiger partial charge in [-0.1, -0.05) is 48.5 Å². The Bertz CT molecular complexity index is 1020. The zero-order valence-corrected chi connectivity index (χ0v) is 13.8. The number of sulfonamides is 1. The quantitative estimate of drug-likeness (QED) is 0.747. The average Bonchev–Trinajstić information content (AvgIpc) is 2.96. The van der Waals surface area contributed by atoms with Crippen molar-refractivity contribution < 1.29 is 26.1 Å². The van der Waals surface area contributed by atoms with Gasteiger partial charge in [0.25, 0.3) is 10.0 Å². The molecule has 1 heterocycles. The lowest BCUT2D eigenvalue weighted by Gasteiger charge is -2.10. The molecule has 0 bridgehead atoms. The molecule has 9 heteroatoms. The number of fused-ring (bicyclic) bond motifs is 1. The van der Waals surface area contributed by atoms with Gasteiger partial charge >= 0.3 is 6.18 Å². The van der Waals surface area contributed by atoms with Crippen LogP contribution in [-0.4, -0.2) is 13.6 Å². The van der Waals surface area contributed by atoms with E-state index in [1.807, 2.05) is 0 Å². The Kier molecular flexibility index (Phi) is 4.19. The van der Waals surface area contributed by atoms with E-state index in [1.54, 1.807) is 36.4 Å². The van der Waals surface area contributed by atoms with Crippen LogP contribution in [0.25, 0.3) is 10.8 Å². The van der Waals surface area contributed by atoms with E-state index in [2.05, 4.69) is 14.4 Å². The van der Waals surface area contributed by atoms with Crippen LogP contribution in [0.1, 0.15) is 18.2 Å². The molecule has 3 aromatic rings. The largest absolute Gasteiger partial charge is 0.437 e. The zero-order chi connectivity index (χ0) is 18.2. The third-order valence-electron chi connectivity index (χ3n) is 3.68. The van der Waals surface area contributed by atoms with E-state index in [1.165, 1.54) is 13.0 Å². The van der Waals surface area contributed by atoms with E-state index in [0.29, 0.717) is 10.8 Å². The lowest BCUT2D eigenvalue weighted by atomic mass is 10.1. The first-order chi connectivity index (χ1) is 11.7. The van der Waals surface area contributed by atoms with Gasteiger partial charge in [0.15, 0.2) is 5.69 Å². The van der Waals surface area contributed by atoms with Crippen molar-refractivity contribution >= 4 is 26.7 Å². The molecule has 0 unspecified atom stereocenters. The number of benzene rings is 2. The number of nitrogens with one attached hydrogen (secondary N) is 1. The Morgan fingerprint density at radius 1 is 1.12 bits per heavy atom. The van der Waals surface area contributed by atoms with Crippen LogP contribution in [0.3, 0.4) is 0 Å². The second-order valence-corrected chi connectivity index (χ2v) is 6.92. The molecular formula is C16H13F3N2O3S. The zero-order valence-electron chi connectivity index (χ0n) is 13.0. The predicted octanol–water partition coefficient (Wildman–Crippen LogP) is 4.21. The van der Waals surface area contributed by atoms with Gasteiger partial charge in [-0.2, -0.15) is 13.2 Å². The molecule has 1 N–H and O–H groups in total. The van der Waals surface area contributed by atoms with Gasteiger partial charge in [-0.05, 0) is 17.9 Å². The van der Waals surface area contributed by atoms with Crippen molar-refractivity contribution in [1.29, 1.82) is 0 Å². The highest BCUT2D eigenvalue weighted by Gasteiger charge is 2.39. The van der Waals surface area contributed by atoms with E-state index >= 15 is 0 Å². The monoisotopic (exact) mass is 370 g/mol. The van der Waals surface area contributed by atoms with Crippen molar-refractivity contribution in [3.63, 3.8) is 0 Å². The van der Waals surface area contributed by atoms with Gasteiger partial charge in [-0.3, -0.25) is 0 Å². The molecule has 132 valence electrons. The summed E-state index contributed by atoms with van der Waals surface area (Å²) in [4.78, 5) is -0.0578. The molecule has 1 aromatic heterocycles. The van der Waals surface area contributed by atoms with Crippen LogP contribution in [-0.2, 0) is 22.6 Å². The van der Waals surface area contributed by atoms with Gasteiger partial charge in [0.2, 0.25) is 5.88 Å². The summed E-state index contributed by atoms with van der Waals surface area (Å²) in [5.41, 5.74) is -1.57. The summed E-state index contributed by atoms with van der Waals surface area (Å²) in [6.07, 6.45) is -4.82. The number of rotatable bonds is 4. The molecule has 0 spiro atoms. The summed E-state index contributed by atoms with van der Waals surface area (Å²) in [5, 5.41) is 4.11. The van der Waals surface area contributed by atoms with Gasteiger partial charge in [0.1, 0.15) is 0 Å². The van der Waals surface area contributed by atoms with Crippen LogP contribution in [0.4, 0.5) is 19.1 Å². The molecule has 0 aliphatic heterocycles. The second kappa shape index (κ2) is 6.07. The Hall–Kier alpha value is -2.55. The maximum absolute atomic E-state index is 12.9. The number of hydrogen-bond donors (Lipinski definition) is 1. The molecule has 2 aromatic carbocycles. The Morgan fingerprint density at radius 2 is 1.80 bits per heavy atom. The predicted molar refractivity (Wildman–Crippen MR) is 85.6 cm³/mol. The average molecular weight is 370 g/mol. The molecule has 25 heavy (non-hydrogen) atoms. The van der Waals surface area contributed by atoms with Crippen LogP contribution in [0.5, 0.6) is 0 Å². The van der Waals surface area contributed by atoms with Crippen LogP contribution in [0.15, 0.2) is 51.9 Å². The summed E-state index contributed by atoms with van der Waals surface area (Å²) in [6.45, 7) is 1.46. The van der Waals surface area contributed by atoms with Gasteiger partial charge in [0, 0.05) is 10.9 Å². The molecule has 0 aliphatic rings. The third kappa shape index (κ3) is 3.19. The van der Waals surface area contributed by atoms with Crippen molar-refractivity contribution in [2.75, 3.05) is 4.72 Å². The Labute approximate surface area is 141 Å². The summed E-state index contributed by atoms with van der Waals surface area (Å²) >= 11 is 0. The van der Waals surface area contributed by atoms with Crippen molar-refractivity contribution in [2.45, 2.75) is 24.4 Å². The molecule has 0 radical (unpaired) electrons. The highest BCUT2D eigenvalue weighted by Crippen LogP contribution is 2.36. The standard InChI is InChI=1S/C16H13F3N2O3S/c1-2-11-14(16(17,18)19)20-24-15(11)21-25(22,23)13-9-5-7-10-6-3-4-8-12(10)13/h3-9,21H,2H2,1H3. The Balaban J connectivity index is 2.07. The van der Waals surface area contributed by atoms with Crippen molar-refractivity contribution in [3.8, 4) is 0 Å². The van der Waals surface area contributed by atoms with E-state index in [9.17, 15) is 21.6 Å². The van der Waals surface area contributed by atoms with Crippen LogP contribution in [0, 0.1) is 0 Å². The minimum atomic E-state index is -4.72. The first-order valence-electron chi connectivity index (χ1n) is 7.30. The highest BCUT2D eigenvalue weighted by atomic mass is 32.2. The smallest absolute Gasteiger partial charge is 0.337 e. The van der Waals surface area contributed by atoms with E-state index in [0.717, 1.165) is 0 Å². The maximum Gasteiger partial charge on any atom is 0.437 e. The molecule has 0 atom stereocenters. The van der Waals surface area contributed by atoms with E-state index < -0.39 is 27.8 Å². The topological polar surface area (TPSA) is 72.2 Å². The van der Waals surface area contributed by atoms with Gasteiger partial charge < -0.3 is 4.52 Å². The molecular weight excluding hydrogens is 357 g/mol. The summed E-state index contributed by atoms with van der Waals surface area (Å²) in [5.74, 6) is -0.525. The minimum Gasteiger partial charge on any atom is -0.337 e. The number of hydrogen-bond acceptors (Lipinski definition) is 4. The van der Waals surface area contributed by atoms with Crippen LogP contribution >= 0.6 is 0 Å². The number of alkyl halides is 3. The minimum absolute atomic E-state index is 0.0578. The van der Waals surface area contributed by atoms with Gasteiger partial charge in [-0.25, -0.2) is 13.1 Å². The summed E-state index contributed by atoms with van der Waals surface area (Å²) in [6, 6.07) is 11.5. The first-order valence-corrected chi connectivity index (χ1v) is 8.78. The number of halogens is 3.